The van der Waals surface area contributed by atoms with Crippen LogP contribution in [0.15, 0.2) is 151 Å². The SMILES string of the molecule is C.C.C=Cc1cccc2cc([C@H](C)Nc3ncnc4nc[nH]c34)n(-c3ccccc3)c(=O)c12.C[C@H](Nc1ncnc2nc[nH]c12)c1cc2cccc(Cl)c2c(=O)n1-c1ccccc1. The number of imidazole rings is 2. The van der Waals surface area contributed by atoms with Gasteiger partial charge >= 0.3 is 0 Å². The molecule has 0 amide bonds. The normalized spacial score (nSPS) is 11.9. The lowest BCUT2D eigenvalue weighted by Crippen LogP contribution is -2.26. The van der Waals surface area contributed by atoms with Crippen LogP contribution in [-0.2, 0) is 0 Å². The van der Waals surface area contributed by atoms with Gasteiger partial charge in [0.2, 0.25) is 0 Å². The molecule has 0 aliphatic rings. The molecule has 10 aromatic rings. The molecular formula is C48H45ClN12O2. The van der Waals surface area contributed by atoms with Crippen molar-refractivity contribution in [1.29, 1.82) is 0 Å². The van der Waals surface area contributed by atoms with Crippen LogP contribution < -0.4 is 21.8 Å². The first-order chi connectivity index (χ1) is 29.8. The summed E-state index contributed by atoms with van der Waals surface area (Å²) >= 11 is 6.38. The number of aromatic amines is 2. The molecule has 316 valence electrons. The Morgan fingerprint density at radius 1 is 0.603 bits per heavy atom. The number of H-pyrrole nitrogens is 2. The van der Waals surface area contributed by atoms with Crippen molar-refractivity contribution in [1.82, 2.24) is 49.0 Å². The lowest BCUT2D eigenvalue weighted by Gasteiger charge is -2.22. The van der Waals surface area contributed by atoms with Crippen molar-refractivity contribution in [2.24, 2.45) is 0 Å². The first-order valence-electron chi connectivity index (χ1n) is 19.4. The number of rotatable bonds is 9. The number of nitrogens with one attached hydrogen (secondary N) is 4. The highest BCUT2D eigenvalue weighted by molar-refractivity contribution is 6.35. The van der Waals surface area contributed by atoms with Gasteiger partial charge in [0.15, 0.2) is 22.9 Å². The Morgan fingerprint density at radius 2 is 1.06 bits per heavy atom. The molecule has 6 heterocycles. The average molecular weight is 857 g/mol. The lowest BCUT2D eigenvalue weighted by atomic mass is 10.0. The first-order valence-corrected chi connectivity index (χ1v) is 19.8. The fourth-order valence-electron chi connectivity index (χ4n) is 7.55. The van der Waals surface area contributed by atoms with Crippen LogP contribution in [0.25, 0.3) is 61.3 Å². The fourth-order valence-corrected chi connectivity index (χ4v) is 7.81. The number of fused-ring (bicyclic) bond motifs is 4. The van der Waals surface area contributed by atoms with Crippen molar-refractivity contribution in [2.45, 2.75) is 40.8 Å². The summed E-state index contributed by atoms with van der Waals surface area (Å²) in [6, 6.07) is 34.0. The van der Waals surface area contributed by atoms with E-state index in [9.17, 15) is 9.59 Å². The zero-order chi connectivity index (χ0) is 42.0. The maximum Gasteiger partial charge on any atom is 0.264 e. The quantitative estimate of drug-likeness (QED) is 0.109. The molecule has 14 nitrogen and oxygen atoms in total. The van der Waals surface area contributed by atoms with Gasteiger partial charge in [-0.2, -0.15) is 0 Å². The van der Waals surface area contributed by atoms with Gasteiger partial charge in [-0.3, -0.25) is 18.7 Å². The van der Waals surface area contributed by atoms with Gasteiger partial charge in [0.1, 0.15) is 23.7 Å². The second kappa shape index (κ2) is 18.3. The highest BCUT2D eigenvalue weighted by Crippen LogP contribution is 2.29. The molecule has 0 bridgehead atoms. The minimum atomic E-state index is -0.248. The summed E-state index contributed by atoms with van der Waals surface area (Å²) in [5, 5.41) is 10.0. The van der Waals surface area contributed by atoms with E-state index in [1.54, 1.807) is 33.9 Å². The predicted octanol–water partition coefficient (Wildman–Crippen LogP) is 10.2. The minimum Gasteiger partial charge on any atom is -0.360 e. The predicted molar refractivity (Wildman–Crippen MR) is 255 cm³/mol. The van der Waals surface area contributed by atoms with E-state index in [0.29, 0.717) is 44.2 Å². The molecule has 0 spiro atoms. The molecule has 0 aliphatic carbocycles. The van der Waals surface area contributed by atoms with Gasteiger partial charge in [0.05, 0.1) is 40.5 Å². The van der Waals surface area contributed by atoms with Crippen molar-refractivity contribution < 1.29 is 0 Å². The highest BCUT2D eigenvalue weighted by Gasteiger charge is 2.21. The molecule has 0 aliphatic heterocycles. The zero-order valence-electron chi connectivity index (χ0n) is 32.9. The van der Waals surface area contributed by atoms with Crippen LogP contribution in [0.1, 0.15) is 57.7 Å². The standard InChI is InChI=1S/C24H20N6O.C22H17ClN6O.2CH4/c1-3-16-8-7-9-17-12-19(30(24(31)20(16)17)18-10-5-4-6-11-18)15(2)29-23-21-22(26-13-25-21)27-14-28-23;1-13(28-21-19-20(25-11-24-19)26-12-27-21)17-10-14-6-5-9-16(23)18(14)22(30)29(17)15-7-3-2-4-8-15;;/h3-15H,1H2,2H3,(H2,25,26,27,28,29);2-13H,1H3,(H2,24,25,26,27,28);2*1H4/t15-;13-;;/m00../s1. The Hall–Kier alpha value is -7.97. The van der Waals surface area contributed by atoms with Crippen molar-refractivity contribution >= 4 is 73.2 Å². The van der Waals surface area contributed by atoms with Gasteiger partial charge in [-0.05, 0) is 72.6 Å². The second-order valence-electron chi connectivity index (χ2n) is 14.2. The fraction of sp³-hybridized carbons (Fsp3) is 0.125. The Kier molecular flexibility index (Phi) is 12.6. The van der Waals surface area contributed by atoms with E-state index < -0.39 is 0 Å². The maximum atomic E-state index is 13.7. The monoisotopic (exact) mass is 856 g/mol. The topological polar surface area (TPSA) is 177 Å². The van der Waals surface area contributed by atoms with Gasteiger partial charge in [0.25, 0.3) is 11.1 Å². The zero-order valence-corrected chi connectivity index (χ0v) is 33.7. The number of hydrogen-bond acceptors (Lipinski definition) is 10. The van der Waals surface area contributed by atoms with E-state index in [-0.39, 0.29) is 38.1 Å². The molecule has 10 rings (SSSR count). The summed E-state index contributed by atoms with van der Waals surface area (Å²) in [6.45, 7) is 7.86. The Morgan fingerprint density at radius 3 is 1.56 bits per heavy atom. The van der Waals surface area contributed by atoms with E-state index in [0.717, 1.165) is 44.6 Å². The van der Waals surface area contributed by atoms with Crippen LogP contribution in [0, 0.1) is 0 Å². The number of aromatic nitrogens is 10. The summed E-state index contributed by atoms with van der Waals surface area (Å²) in [5.41, 5.74) is 6.31. The number of benzene rings is 4. The van der Waals surface area contributed by atoms with Crippen molar-refractivity contribution in [3.63, 3.8) is 0 Å². The van der Waals surface area contributed by atoms with E-state index in [1.165, 1.54) is 12.7 Å². The molecule has 63 heavy (non-hydrogen) atoms. The van der Waals surface area contributed by atoms with Crippen LogP contribution in [0.5, 0.6) is 0 Å². The Balaban J connectivity index is 0.000000183. The van der Waals surface area contributed by atoms with Crippen molar-refractivity contribution in [3.05, 3.63) is 184 Å². The number of hydrogen-bond donors (Lipinski definition) is 4. The minimum absolute atomic E-state index is 0. The molecule has 2 atom stereocenters. The summed E-state index contributed by atoms with van der Waals surface area (Å²) in [7, 11) is 0. The Labute approximate surface area is 367 Å². The van der Waals surface area contributed by atoms with E-state index in [1.807, 2.05) is 117 Å². The third-order valence-corrected chi connectivity index (χ3v) is 10.7. The van der Waals surface area contributed by atoms with Crippen molar-refractivity contribution in [2.75, 3.05) is 10.6 Å². The molecule has 4 N–H and O–H groups in total. The van der Waals surface area contributed by atoms with Gasteiger partial charge in [-0.15, -0.1) is 0 Å². The molecule has 0 saturated heterocycles. The third-order valence-electron chi connectivity index (χ3n) is 10.4. The molecule has 0 fully saturated rings. The van der Waals surface area contributed by atoms with Crippen LogP contribution in [0.2, 0.25) is 5.02 Å². The van der Waals surface area contributed by atoms with Gasteiger partial charge < -0.3 is 20.6 Å². The number of pyridine rings is 2. The van der Waals surface area contributed by atoms with Gasteiger partial charge in [-0.1, -0.05) is 106 Å². The van der Waals surface area contributed by atoms with E-state index in [4.69, 9.17) is 11.6 Å². The second-order valence-corrected chi connectivity index (χ2v) is 14.6. The molecule has 0 unspecified atom stereocenters. The first kappa shape index (κ1) is 43.1. The van der Waals surface area contributed by atoms with Crippen LogP contribution in [0.4, 0.5) is 11.6 Å². The largest absolute Gasteiger partial charge is 0.360 e. The number of anilines is 2. The lowest BCUT2D eigenvalue weighted by molar-refractivity contribution is 0.774. The van der Waals surface area contributed by atoms with Crippen LogP contribution in [-0.4, -0.2) is 49.0 Å². The maximum absolute atomic E-state index is 13.7. The van der Waals surface area contributed by atoms with E-state index >= 15 is 0 Å². The smallest absolute Gasteiger partial charge is 0.264 e. The third kappa shape index (κ3) is 8.14. The molecular weight excluding hydrogens is 812 g/mol. The molecule has 6 aromatic heterocycles. The van der Waals surface area contributed by atoms with Gasteiger partial charge in [0, 0.05) is 22.8 Å². The number of para-hydroxylation sites is 2. The average Bonchev–Trinajstić information content (AvgIpc) is 3.98. The summed E-state index contributed by atoms with van der Waals surface area (Å²) < 4.78 is 3.44. The molecule has 0 radical (unpaired) electrons. The summed E-state index contributed by atoms with van der Waals surface area (Å²) in [6.07, 6.45) is 7.81. The summed E-state index contributed by atoms with van der Waals surface area (Å²) in [5.74, 6) is 1.24. The van der Waals surface area contributed by atoms with E-state index in [2.05, 4.69) is 57.1 Å². The Bertz CT molecular complexity index is 3340. The molecule has 15 heteroatoms. The van der Waals surface area contributed by atoms with Crippen LogP contribution >= 0.6 is 11.6 Å². The summed E-state index contributed by atoms with van der Waals surface area (Å²) in [4.78, 5) is 58.7. The molecule has 0 saturated carbocycles. The number of halogens is 1. The van der Waals surface area contributed by atoms with Crippen molar-refractivity contribution in [3.8, 4) is 11.4 Å². The van der Waals surface area contributed by atoms with Gasteiger partial charge in [-0.25, -0.2) is 29.9 Å². The molecule has 4 aromatic carbocycles. The van der Waals surface area contributed by atoms with Crippen LogP contribution in [0.3, 0.4) is 0 Å². The highest BCUT2D eigenvalue weighted by atomic mass is 35.5. The number of nitrogens with zero attached hydrogens (tertiary/aromatic N) is 8.